The van der Waals surface area contributed by atoms with Crippen LogP contribution in [0.2, 0.25) is 0 Å². The lowest BCUT2D eigenvalue weighted by molar-refractivity contribution is 0.628. The van der Waals surface area contributed by atoms with Crippen molar-refractivity contribution < 1.29 is 4.39 Å². The first kappa shape index (κ1) is 16.4. The van der Waals surface area contributed by atoms with E-state index in [4.69, 9.17) is 0 Å². The number of fused-ring (bicyclic) bond motifs is 1. The monoisotopic (exact) mass is 373 g/mol. The third-order valence-corrected chi connectivity index (χ3v) is 4.64. The molecule has 0 aliphatic carbocycles. The Morgan fingerprint density at radius 2 is 1.89 bits per heavy atom. The summed E-state index contributed by atoms with van der Waals surface area (Å²) in [6, 6.07) is 10.3. The van der Waals surface area contributed by atoms with Crippen molar-refractivity contribution in [1.29, 1.82) is 0 Å². The Balaban J connectivity index is 1.72. The minimum Gasteiger partial charge on any atom is -0.346 e. The number of hydrogen-bond donors (Lipinski definition) is 2. The highest BCUT2D eigenvalue weighted by Crippen LogP contribution is 2.35. The molecular weight excluding hydrogens is 357 g/mol. The molecule has 8 heteroatoms. The van der Waals surface area contributed by atoms with Gasteiger partial charge in [-0.25, -0.2) is 14.4 Å². The van der Waals surface area contributed by atoms with Crippen molar-refractivity contribution in [3.63, 3.8) is 0 Å². The van der Waals surface area contributed by atoms with E-state index in [1.165, 1.54) is 12.1 Å². The molecule has 5 aromatic rings. The Morgan fingerprint density at radius 3 is 2.68 bits per heavy atom. The smallest absolute Gasteiger partial charge is 0.150 e. The average molecular weight is 373 g/mol. The van der Waals surface area contributed by atoms with E-state index < -0.39 is 0 Å². The molecule has 0 aliphatic heterocycles. The summed E-state index contributed by atoms with van der Waals surface area (Å²) in [7, 11) is 0. The van der Waals surface area contributed by atoms with Gasteiger partial charge in [0.1, 0.15) is 23.1 Å². The number of rotatable bonds is 4. The van der Waals surface area contributed by atoms with Crippen LogP contribution in [0.5, 0.6) is 0 Å². The van der Waals surface area contributed by atoms with Gasteiger partial charge in [0.15, 0.2) is 0 Å². The number of pyridine rings is 1. The summed E-state index contributed by atoms with van der Waals surface area (Å²) in [5.41, 5.74) is 4.30. The second-order valence-electron chi connectivity index (χ2n) is 6.53. The highest BCUT2D eigenvalue weighted by atomic mass is 19.1. The SMILES string of the molecule is Cc1nnc(Cn2cnc(-c3ccc(F)cc3)c2-c2ccnc3[nH]ccc23)[nH]1. The zero-order valence-corrected chi connectivity index (χ0v) is 15.0. The molecule has 0 bridgehead atoms. The number of halogens is 1. The molecule has 4 heterocycles. The molecule has 7 nitrogen and oxygen atoms in total. The van der Waals surface area contributed by atoms with Gasteiger partial charge >= 0.3 is 0 Å². The first-order valence-corrected chi connectivity index (χ1v) is 8.81. The van der Waals surface area contributed by atoms with Crippen LogP contribution in [0, 0.1) is 12.7 Å². The second kappa shape index (κ2) is 6.41. The Morgan fingerprint density at radius 1 is 1.04 bits per heavy atom. The summed E-state index contributed by atoms with van der Waals surface area (Å²) in [6.07, 6.45) is 5.39. The third-order valence-electron chi connectivity index (χ3n) is 4.64. The normalized spacial score (nSPS) is 11.4. The zero-order chi connectivity index (χ0) is 19.1. The fourth-order valence-electron chi connectivity index (χ4n) is 3.40. The maximum atomic E-state index is 13.4. The van der Waals surface area contributed by atoms with Gasteiger partial charge in [0.05, 0.1) is 24.3 Å². The van der Waals surface area contributed by atoms with E-state index in [0.29, 0.717) is 6.54 Å². The fraction of sp³-hybridized carbons (Fsp3) is 0.100. The van der Waals surface area contributed by atoms with Crippen LogP contribution in [0.1, 0.15) is 11.6 Å². The number of benzene rings is 1. The van der Waals surface area contributed by atoms with Crippen LogP contribution in [0.15, 0.2) is 55.1 Å². The van der Waals surface area contributed by atoms with Crippen molar-refractivity contribution in [2.45, 2.75) is 13.5 Å². The van der Waals surface area contributed by atoms with Crippen LogP contribution in [0.3, 0.4) is 0 Å². The molecule has 0 radical (unpaired) electrons. The molecule has 4 aromatic heterocycles. The van der Waals surface area contributed by atoms with Crippen molar-refractivity contribution in [2.75, 3.05) is 0 Å². The Labute approximate surface area is 159 Å². The van der Waals surface area contributed by atoms with Gasteiger partial charge in [-0.15, -0.1) is 10.2 Å². The molecule has 0 atom stereocenters. The maximum absolute atomic E-state index is 13.4. The predicted molar refractivity (Wildman–Crippen MR) is 103 cm³/mol. The second-order valence-corrected chi connectivity index (χ2v) is 6.53. The lowest BCUT2D eigenvalue weighted by atomic mass is 10.0. The number of H-pyrrole nitrogens is 2. The largest absolute Gasteiger partial charge is 0.346 e. The van der Waals surface area contributed by atoms with Gasteiger partial charge in [0, 0.05) is 28.9 Å². The van der Waals surface area contributed by atoms with Crippen molar-refractivity contribution in [3.8, 4) is 22.5 Å². The van der Waals surface area contributed by atoms with Crippen molar-refractivity contribution in [1.82, 2.24) is 34.7 Å². The van der Waals surface area contributed by atoms with E-state index in [9.17, 15) is 4.39 Å². The highest BCUT2D eigenvalue weighted by Gasteiger charge is 2.19. The lowest BCUT2D eigenvalue weighted by Crippen LogP contribution is -2.03. The Kier molecular flexibility index (Phi) is 3.75. The molecule has 0 fully saturated rings. The fourth-order valence-corrected chi connectivity index (χ4v) is 3.40. The van der Waals surface area contributed by atoms with Gasteiger partial charge in [-0.05, 0) is 43.3 Å². The molecule has 1 aromatic carbocycles. The van der Waals surface area contributed by atoms with Gasteiger partial charge in [-0.3, -0.25) is 0 Å². The summed E-state index contributed by atoms with van der Waals surface area (Å²) in [4.78, 5) is 15.3. The highest BCUT2D eigenvalue weighted by molar-refractivity contribution is 5.95. The average Bonchev–Trinajstić information content (AvgIpc) is 3.42. The van der Waals surface area contributed by atoms with Crippen LogP contribution in [0.4, 0.5) is 4.39 Å². The number of nitrogens with one attached hydrogen (secondary N) is 2. The zero-order valence-electron chi connectivity index (χ0n) is 15.0. The van der Waals surface area contributed by atoms with Crippen LogP contribution in [-0.4, -0.2) is 34.7 Å². The van der Waals surface area contributed by atoms with Gasteiger partial charge in [0.25, 0.3) is 0 Å². The van der Waals surface area contributed by atoms with Gasteiger partial charge in [-0.1, -0.05) is 0 Å². The van der Waals surface area contributed by atoms with Crippen molar-refractivity contribution >= 4 is 11.0 Å². The number of nitrogens with zero attached hydrogens (tertiary/aromatic N) is 5. The van der Waals surface area contributed by atoms with Crippen LogP contribution in [0.25, 0.3) is 33.5 Å². The number of imidazole rings is 1. The molecule has 0 aliphatic rings. The van der Waals surface area contributed by atoms with E-state index in [2.05, 4.69) is 30.1 Å². The summed E-state index contributed by atoms with van der Waals surface area (Å²) >= 11 is 0. The number of aromatic amines is 2. The number of aromatic nitrogens is 7. The molecule has 5 rings (SSSR count). The minimum absolute atomic E-state index is 0.279. The molecule has 0 spiro atoms. The summed E-state index contributed by atoms with van der Waals surface area (Å²) < 4.78 is 15.4. The van der Waals surface area contributed by atoms with Crippen molar-refractivity contribution in [2.24, 2.45) is 0 Å². The van der Waals surface area contributed by atoms with Crippen molar-refractivity contribution in [3.05, 3.63) is 72.6 Å². The topological polar surface area (TPSA) is 88.1 Å². The van der Waals surface area contributed by atoms with E-state index in [1.807, 2.05) is 29.8 Å². The molecular formula is C20H16FN7. The number of aryl methyl sites for hydroxylation is 1. The Bertz CT molecular complexity index is 1260. The minimum atomic E-state index is -0.279. The van der Waals surface area contributed by atoms with E-state index in [-0.39, 0.29) is 5.82 Å². The maximum Gasteiger partial charge on any atom is 0.150 e. The van der Waals surface area contributed by atoms with E-state index in [0.717, 1.165) is 45.2 Å². The summed E-state index contributed by atoms with van der Waals surface area (Å²) in [6.45, 7) is 2.35. The molecule has 0 unspecified atom stereocenters. The van der Waals surface area contributed by atoms with Crippen LogP contribution < -0.4 is 0 Å². The quantitative estimate of drug-likeness (QED) is 0.503. The van der Waals surface area contributed by atoms with E-state index in [1.54, 1.807) is 24.7 Å². The van der Waals surface area contributed by atoms with Gasteiger partial charge < -0.3 is 14.5 Å². The standard InChI is InChI=1S/C20H16FN7/c1-12-25-17(27-26-12)10-28-11-24-18(13-2-4-14(21)5-3-13)19(28)15-6-8-22-20-16(15)7-9-23-20/h2-9,11H,10H2,1H3,(H,22,23)(H,25,26,27). The molecule has 28 heavy (non-hydrogen) atoms. The van der Waals surface area contributed by atoms with E-state index >= 15 is 0 Å². The molecule has 0 saturated heterocycles. The van der Waals surface area contributed by atoms with Crippen LogP contribution in [-0.2, 0) is 6.54 Å². The third kappa shape index (κ3) is 2.75. The molecule has 0 saturated carbocycles. The predicted octanol–water partition coefficient (Wildman–Crippen LogP) is 3.71. The Hall–Kier alpha value is -3.81. The van der Waals surface area contributed by atoms with Gasteiger partial charge in [-0.2, -0.15) is 0 Å². The first-order chi connectivity index (χ1) is 13.7. The van der Waals surface area contributed by atoms with Crippen LogP contribution >= 0.6 is 0 Å². The first-order valence-electron chi connectivity index (χ1n) is 8.81. The number of hydrogen-bond acceptors (Lipinski definition) is 4. The summed E-state index contributed by atoms with van der Waals surface area (Å²) in [5, 5.41) is 9.19. The molecule has 2 N–H and O–H groups in total. The summed E-state index contributed by atoms with van der Waals surface area (Å²) in [5.74, 6) is 1.22. The molecule has 0 amide bonds. The van der Waals surface area contributed by atoms with Gasteiger partial charge in [0.2, 0.25) is 0 Å². The molecule has 138 valence electrons. The lowest BCUT2D eigenvalue weighted by Gasteiger charge is -2.11.